The van der Waals surface area contributed by atoms with E-state index in [0.717, 1.165) is 27.1 Å². The highest BCUT2D eigenvalue weighted by Crippen LogP contribution is 2.31. The van der Waals surface area contributed by atoms with Gasteiger partial charge in [0.2, 0.25) is 5.28 Å². The van der Waals surface area contributed by atoms with Crippen LogP contribution in [-0.2, 0) is 0 Å². The maximum atomic E-state index is 5.98. The maximum absolute atomic E-state index is 5.98. The third kappa shape index (κ3) is 1.96. The van der Waals surface area contributed by atoms with Crippen LogP contribution in [0.5, 0.6) is 0 Å². The molecule has 88 valence electrons. The van der Waals surface area contributed by atoms with E-state index in [9.17, 15) is 0 Å². The van der Waals surface area contributed by atoms with Crippen molar-refractivity contribution in [1.82, 2.24) is 9.97 Å². The van der Waals surface area contributed by atoms with Crippen LogP contribution in [0, 0.1) is 0 Å². The Labute approximate surface area is 115 Å². The van der Waals surface area contributed by atoms with Crippen LogP contribution in [0.2, 0.25) is 5.28 Å². The molecule has 0 radical (unpaired) electrons. The van der Waals surface area contributed by atoms with Gasteiger partial charge in [0.1, 0.15) is 0 Å². The molecule has 3 aromatic rings. The zero-order valence-electron chi connectivity index (χ0n) is 9.34. The molecule has 0 spiro atoms. The normalized spacial score (nSPS) is 10.8. The van der Waals surface area contributed by atoms with E-state index in [1.54, 1.807) is 0 Å². The highest BCUT2D eigenvalue weighted by Gasteiger charge is 2.10. The van der Waals surface area contributed by atoms with Gasteiger partial charge in [-0.25, -0.2) is 9.97 Å². The Bertz CT molecular complexity index is 714. The van der Waals surface area contributed by atoms with E-state index in [4.69, 9.17) is 11.6 Å². The lowest BCUT2D eigenvalue weighted by atomic mass is 10.1. The molecule has 0 aliphatic rings. The van der Waals surface area contributed by atoms with Crippen molar-refractivity contribution in [1.29, 1.82) is 0 Å². The van der Waals surface area contributed by atoms with Gasteiger partial charge in [-0.1, -0.05) is 36.4 Å². The number of aromatic nitrogens is 2. The van der Waals surface area contributed by atoms with Gasteiger partial charge >= 0.3 is 0 Å². The fraction of sp³-hybridized carbons (Fsp3) is 0. The van der Waals surface area contributed by atoms with Gasteiger partial charge in [-0.2, -0.15) is 0 Å². The van der Waals surface area contributed by atoms with Crippen molar-refractivity contribution in [3.8, 4) is 11.3 Å². The lowest BCUT2D eigenvalue weighted by Crippen LogP contribution is -1.92. The van der Waals surface area contributed by atoms with Crippen LogP contribution in [0.4, 0.5) is 0 Å². The van der Waals surface area contributed by atoms with Crippen molar-refractivity contribution < 1.29 is 0 Å². The molecule has 0 fully saturated rings. The summed E-state index contributed by atoms with van der Waals surface area (Å²) in [5.74, 6) is 0. The number of thiol groups is 1. The van der Waals surface area contributed by atoms with Crippen molar-refractivity contribution in [2.75, 3.05) is 0 Å². The van der Waals surface area contributed by atoms with Crippen molar-refractivity contribution in [2.24, 2.45) is 0 Å². The summed E-state index contributed by atoms with van der Waals surface area (Å²) in [6.07, 6.45) is 0. The van der Waals surface area contributed by atoms with E-state index in [1.165, 1.54) is 0 Å². The summed E-state index contributed by atoms with van der Waals surface area (Å²) < 4.78 is 0. The summed E-state index contributed by atoms with van der Waals surface area (Å²) in [4.78, 5) is 9.42. The molecule has 0 aliphatic heterocycles. The lowest BCUT2D eigenvalue weighted by molar-refractivity contribution is 1.21. The number of rotatable bonds is 1. The third-order valence-corrected chi connectivity index (χ3v) is 3.26. The molecule has 0 saturated heterocycles. The molecule has 0 saturated carbocycles. The molecular weight excluding hydrogens is 264 g/mol. The Hall–Kier alpha value is -1.58. The minimum atomic E-state index is 0.250. The van der Waals surface area contributed by atoms with E-state index >= 15 is 0 Å². The van der Waals surface area contributed by atoms with Crippen molar-refractivity contribution >= 4 is 35.1 Å². The van der Waals surface area contributed by atoms with Crippen LogP contribution >= 0.6 is 24.2 Å². The highest BCUT2D eigenvalue weighted by atomic mass is 35.5. The lowest BCUT2D eigenvalue weighted by Gasteiger charge is -2.08. The molecule has 4 heteroatoms. The predicted octanol–water partition coefficient (Wildman–Crippen LogP) is 4.24. The van der Waals surface area contributed by atoms with Gasteiger partial charge in [0.15, 0.2) is 0 Å². The van der Waals surface area contributed by atoms with Gasteiger partial charge in [-0.3, -0.25) is 0 Å². The van der Waals surface area contributed by atoms with Gasteiger partial charge in [-0.05, 0) is 23.7 Å². The Morgan fingerprint density at radius 1 is 0.889 bits per heavy atom. The van der Waals surface area contributed by atoms with Gasteiger partial charge in [0, 0.05) is 15.8 Å². The van der Waals surface area contributed by atoms with Crippen molar-refractivity contribution in [3.63, 3.8) is 0 Å². The minimum Gasteiger partial charge on any atom is -0.218 e. The summed E-state index contributed by atoms with van der Waals surface area (Å²) in [5, 5.41) is 1.18. The molecule has 1 heterocycles. The SMILES string of the molecule is Sc1cccc2nc(Cl)nc(-c3ccccc3)c12. The molecule has 0 bridgehead atoms. The third-order valence-electron chi connectivity index (χ3n) is 2.72. The smallest absolute Gasteiger partial charge is 0.218 e. The van der Waals surface area contributed by atoms with Crippen LogP contribution < -0.4 is 0 Å². The van der Waals surface area contributed by atoms with E-state index in [2.05, 4.69) is 22.6 Å². The van der Waals surface area contributed by atoms with Crippen LogP contribution in [0.3, 0.4) is 0 Å². The van der Waals surface area contributed by atoms with E-state index in [-0.39, 0.29) is 5.28 Å². The molecule has 0 N–H and O–H groups in total. The van der Waals surface area contributed by atoms with Gasteiger partial charge in [-0.15, -0.1) is 12.6 Å². The number of fused-ring (bicyclic) bond motifs is 1. The predicted molar refractivity (Wildman–Crippen MR) is 77.2 cm³/mol. The Morgan fingerprint density at radius 2 is 1.67 bits per heavy atom. The van der Waals surface area contributed by atoms with Crippen LogP contribution in [0.15, 0.2) is 53.4 Å². The Balaban J connectivity index is 2.41. The average molecular weight is 273 g/mol. The first-order chi connectivity index (χ1) is 8.75. The minimum absolute atomic E-state index is 0.250. The van der Waals surface area contributed by atoms with Crippen LogP contribution in [-0.4, -0.2) is 9.97 Å². The summed E-state index contributed by atoms with van der Waals surface area (Å²) in [5.41, 5.74) is 2.63. The fourth-order valence-electron chi connectivity index (χ4n) is 1.94. The van der Waals surface area contributed by atoms with E-state index < -0.39 is 0 Å². The van der Waals surface area contributed by atoms with Crippen molar-refractivity contribution in [3.05, 3.63) is 53.8 Å². The summed E-state index contributed by atoms with van der Waals surface area (Å²) >= 11 is 10.5. The number of benzene rings is 2. The Morgan fingerprint density at radius 3 is 2.44 bits per heavy atom. The molecule has 0 amide bonds. The topological polar surface area (TPSA) is 25.8 Å². The number of hydrogen-bond acceptors (Lipinski definition) is 3. The number of halogens is 1. The largest absolute Gasteiger partial charge is 0.223 e. The molecule has 2 nitrogen and oxygen atoms in total. The second-order valence-electron chi connectivity index (χ2n) is 3.88. The zero-order chi connectivity index (χ0) is 12.5. The van der Waals surface area contributed by atoms with Crippen LogP contribution in [0.25, 0.3) is 22.2 Å². The van der Waals surface area contributed by atoms with E-state index in [1.807, 2.05) is 48.5 Å². The first-order valence-electron chi connectivity index (χ1n) is 5.46. The first-order valence-corrected chi connectivity index (χ1v) is 6.29. The Kier molecular flexibility index (Phi) is 2.94. The van der Waals surface area contributed by atoms with Gasteiger partial charge < -0.3 is 0 Å². The second-order valence-corrected chi connectivity index (χ2v) is 4.70. The highest BCUT2D eigenvalue weighted by molar-refractivity contribution is 7.80. The van der Waals surface area contributed by atoms with Crippen molar-refractivity contribution in [2.45, 2.75) is 4.90 Å². The first kappa shape index (κ1) is 11.5. The standard InChI is InChI=1S/C14H9ClN2S/c15-14-16-10-7-4-8-11(18)12(10)13(17-14)9-5-2-1-3-6-9/h1-8,18H. The summed E-state index contributed by atoms with van der Waals surface area (Å²) in [6, 6.07) is 15.6. The molecule has 0 unspecified atom stereocenters. The number of nitrogens with zero attached hydrogens (tertiary/aromatic N) is 2. The molecule has 0 aliphatic carbocycles. The molecule has 1 aromatic heterocycles. The molecule has 0 atom stereocenters. The van der Waals surface area contributed by atoms with Gasteiger partial charge in [0.05, 0.1) is 11.2 Å². The molecule has 3 rings (SSSR count). The van der Waals surface area contributed by atoms with Crippen LogP contribution in [0.1, 0.15) is 0 Å². The monoisotopic (exact) mass is 272 g/mol. The number of hydrogen-bond donors (Lipinski definition) is 1. The summed E-state index contributed by atoms with van der Waals surface area (Å²) in [7, 11) is 0. The van der Waals surface area contributed by atoms with E-state index in [0.29, 0.717) is 0 Å². The molecule has 18 heavy (non-hydrogen) atoms. The quantitative estimate of drug-likeness (QED) is 0.530. The maximum Gasteiger partial charge on any atom is 0.223 e. The average Bonchev–Trinajstić information content (AvgIpc) is 2.39. The molecular formula is C14H9ClN2S. The van der Waals surface area contributed by atoms with Gasteiger partial charge in [0.25, 0.3) is 0 Å². The fourth-order valence-corrected chi connectivity index (χ4v) is 2.42. The zero-order valence-corrected chi connectivity index (χ0v) is 11.0. The molecule has 2 aromatic carbocycles. The summed E-state index contributed by atoms with van der Waals surface area (Å²) in [6.45, 7) is 0. The second kappa shape index (κ2) is 4.59.